The molecule has 0 fully saturated rings. The Morgan fingerprint density at radius 2 is 2.13 bits per heavy atom. The fraction of sp³-hybridized carbons (Fsp3) is 0.250. The van der Waals surface area contributed by atoms with Gasteiger partial charge in [-0.3, -0.25) is 4.79 Å². The summed E-state index contributed by atoms with van der Waals surface area (Å²) in [5.41, 5.74) is 0.175. The average molecular weight is 239 g/mol. The number of aromatic nitrogens is 1. The zero-order valence-electron chi connectivity index (χ0n) is 7.31. The van der Waals surface area contributed by atoms with Gasteiger partial charge in [0.05, 0.1) is 11.9 Å². The largest absolute Gasteiger partial charge is 0.397 e. The Morgan fingerprint density at radius 1 is 1.47 bits per heavy atom. The third-order valence-electron chi connectivity index (χ3n) is 1.37. The highest BCUT2D eigenvalue weighted by molar-refractivity contribution is 6.29. The van der Waals surface area contributed by atoms with Crippen LogP contribution in [0, 0.1) is 0 Å². The summed E-state index contributed by atoms with van der Waals surface area (Å²) in [4.78, 5) is 14.4. The molecule has 0 aliphatic rings. The third kappa shape index (κ3) is 4.64. The normalized spacial score (nSPS) is 11.2. The summed E-state index contributed by atoms with van der Waals surface area (Å²) >= 11 is 5.45. The number of anilines is 1. The van der Waals surface area contributed by atoms with Crippen LogP contribution >= 0.6 is 11.6 Å². The Morgan fingerprint density at radius 3 is 2.60 bits per heavy atom. The first-order valence-corrected chi connectivity index (χ1v) is 4.23. The maximum atomic E-state index is 11.8. The van der Waals surface area contributed by atoms with E-state index >= 15 is 0 Å². The van der Waals surface area contributed by atoms with Gasteiger partial charge in [-0.05, 0) is 12.1 Å². The maximum Gasteiger partial charge on any atom is 0.397 e. The number of amides is 1. The van der Waals surface area contributed by atoms with Gasteiger partial charge >= 0.3 is 6.18 Å². The van der Waals surface area contributed by atoms with E-state index in [1.54, 1.807) is 0 Å². The molecule has 0 spiro atoms. The van der Waals surface area contributed by atoms with Crippen molar-refractivity contribution in [2.45, 2.75) is 12.6 Å². The third-order valence-corrected chi connectivity index (χ3v) is 1.60. The highest BCUT2D eigenvalue weighted by Gasteiger charge is 2.31. The van der Waals surface area contributed by atoms with Gasteiger partial charge in [0, 0.05) is 0 Å². The number of carbonyl (C=O) groups is 1. The van der Waals surface area contributed by atoms with Crippen LogP contribution in [-0.2, 0) is 4.79 Å². The van der Waals surface area contributed by atoms with Crippen molar-refractivity contribution >= 4 is 23.2 Å². The van der Waals surface area contributed by atoms with E-state index in [2.05, 4.69) is 4.98 Å². The van der Waals surface area contributed by atoms with Crippen molar-refractivity contribution < 1.29 is 18.0 Å². The summed E-state index contributed by atoms with van der Waals surface area (Å²) in [6.45, 7) is 0. The molecular weight excluding hydrogens is 233 g/mol. The van der Waals surface area contributed by atoms with Crippen molar-refractivity contribution in [3.8, 4) is 0 Å². The summed E-state index contributed by atoms with van der Waals surface area (Å²) in [5.74, 6) is -1.13. The van der Waals surface area contributed by atoms with Crippen LogP contribution in [0.4, 0.5) is 18.9 Å². The zero-order valence-corrected chi connectivity index (χ0v) is 8.06. The molecule has 0 unspecified atom stereocenters. The summed E-state index contributed by atoms with van der Waals surface area (Å²) in [7, 11) is 0. The van der Waals surface area contributed by atoms with Crippen LogP contribution in [0.5, 0.6) is 0 Å². The second-order valence-corrected chi connectivity index (χ2v) is 3.10. The summed E-state index contributed by atoms with van der Waals surface area (Å²) in [6.07, 6.45) is -4.85. The number of carbonyl (C=O) groups excluding carboxylic acids is 1. The van der Waals surface area contributed by atoms with Crippen LogP contribution in [0.1, 0.15) is 6.42 Å². The lowest BCUT2D eigenvalue weighted by atomic mass is 10.3. The quantitative estimate of drug-likeness (QED) is 0.805. The zero-order chi connectivity index (χ0) is 11.5. The first kappa shape index (κ1) is 11.8. The second kappa shape index (κ2) is 4.48. The number of hydrogen-bond acceptors (Lipinski definition) is 2. The van der Waals surface area contributed by atoms with Gasteiger partial charge in [0.25, 0.3) is 0 Å². The molecule has 1 N–H and O–H groups in total. The fourth-order valence-electron chi connectivity index (χ4n) is 0.837. The monoisotopic (exact) mass is 238 g/mol. The van der Waals surface area contributed by atoms with Crippen molar-refractivity contribution in [1.82, 2.24) is 4.98 Å². The van der Waals surface area contributed by atoms with Crippen molar-refractivity contribution in [2.75, 3.05) is 5.32 Å². The molecule has 1 heterocycles. The minimum atomic E-state index is -4.51. The molecule has 3 nitrogen and oxygen atoms in total. The molecule has 0 bridgehead atoms. The molecule has 0 atom stereocenters. The van der Waals surface area contributed by atoms with E-state index in [0.29, 0.717) is 0 Å². The van der Waals surface area contributed by atoms with E-state index in [1.165, 1.54) is 18.3 Å². The first-order valence-electron chi connectivity index (χ1n) is 3.85. The van der Waals surface area contributed by atoms with Crippen LogP contribution in [0.15, 0.2) is 18.3 Å². The molecular formula is C8H6ClF3N2O. The molecule has 15 heavy (non-hydrogen) atoms. The second-order valence-electron chi connectivity index (χ2n) is 2.71. The van der Waals surface area contributed by atoms with Crippen LogP contribution in [0.3, 0.4) is 0 Å². The standard InChI is InChI=1S/C8H6ClF3N2O/c9-6-2-1-5(4-13-6)14-7(15)3-8(10,11)12/h1-2,4H,3H2,(H,14,15). The molecule has 1 aromatic heterocycles. The Hall–Kier alpha value is -1.30. The molecule has 0 radical (unpaired) electrons. The molecule has 1 amide bonds. The first-order chi connectivity index (χ1) is 6.87. The van der Waals surface area contributed by atoms with Gasteiger partial charge in [0.1, 0.15) is 11.6 Å². The van der Waals surface area contributed by atoms with Crippen molar-refractivity contribution in [1.29, 1.82) is 0 Å². The van der Waals surface area contributed by atoms with Gasteiger partial charge in [-0.15, -0.1) is 0 Å². The van der Waals surface area contributed by atoms with E-state index in [4.69, 9.17) is 11.6 Å². The van der Waals surface area contributed by atoms with Crippen LogP contribution < -0.4 is 5.32 Å². The molecule has 1 aromatic rings. The van der Waals surface area contributed by atoms with E-state index < -0.39 is 18.5 Å². The molecule has 0 aliphatic carbocycles. The molecule has 0 saturated heterocycles. The highest BCUT2D eigenvalue weighted by atomic mass is 35.5. The van der Waals surface area contributed by atoms with Gasteiger partial charge in [0.2, 0.25) is 5.91 Å². The van der Waals surface area contributed by atoms with E-state index in [-0.39, 0.29) is 10.8 Å². The Labute approximate surface area is 88.3 Å². The number of alkyl halides is 3. The van der Waals surface area contributed by atoms with Crippen molar-refractivity contribution in [2.24, 2.45) is 0 Å². The number of rotatable bonds is 2. The summed E-state index contributed by atoms with van der Waals surface area (Å²) < 4.78 is 35.3. The van der Waals surface area contributed by atoms with E-state index in [0.717, 1.165) is 0 Å². The summed E-state index contributed by atoms with van der Waals surface area (Å²) in [5, 5.41) is 2.24. The Bertz CT molecular complexity index is 350. The molecule has 1 rings (SSSR count). The number of hydrogen-bond donors (Lipinski definition) is 1. The molecule has 0 aromatic carbocycles. The SMILES string of the molecule is O=C(CC(F)(F)F)Nc1ccc(Cl)nc1. The van der Waals surface area contributed by atoms with E-state index in [1.807, 2.05) is 5.32 Å². The van der Waals surface area contributed by atoms with Crippen molar-refractivity contribution in [3.63, 3.8) is 0 Å². The molecule has 82 valence electrons. The Kier molecular flexibility index (Phi) is 3.52. The predicted octanol–water partition coefficient (Wildman–Crippen LogP) is 2.63. The van der Waals surface area contributed by atoms with Crippen molar-refractivity contribution in [3.05, 3.63) is 23.5 Å². The lowest BCUT2D eigenvalue weighted by Gasteiger charge is -2.07. The molecule has 7 heteroatoms. The minimum absolute atomic E-state index is 0.175. The van der Waals surface area contributed by atoms with Gasteiger partial charge < -0.3 is 5.32 Å². The number of pyridine rings is 1. The number of nitrogens with one attached hydrogen (secondary N) is 1. The number of halogens is 4. The lowest BCUT2D eigenvalue weighted by molar-refractivity contribution is -0.150. The predicted molar refractivity (Wildman–Crippen MR) is 48.5 cm³/mol. The molecule has 0 aliphatic heterocycles. The smallest absolute Gasteiger partial charge is 0.324 e. The Balaban J connectivity index is 2.55. The topological polar surface area (TPSA) is 42.0 Å². The van der Waals surface area contributed by atoms with Crippen LogP contribution in [0.2, 0.25) is 5.15 Å². The van der Waals surface area contributed by atoms with Gasteiger partial charge in [-0.1, -0.05) is 11.6 Å². The maximum absolute atomic E-state index is 11.8. The van der Waals surface area contributed by atoms with Gasteiger partial charge in [-0.2, -0.15) is 13.2 Å². The van der Waals surface area contributed by atoms with E-state index in [9.17, 15) is 18.0 Å². The lowest BCUT2D eigenvalue weighted by Crippen LogP contribution is -2.21. The summed E-state index contributed by atoms with van der Waals surface area (Å²) in [6, 6.07) is 2.73. The fourth-order valence-corrected chi connectivity index (χ4v) is 0.949. The highest BCUT2D eigenvalue weighted by Crippen LogP contribution is 2.20. The van der Waals surface area contributed by atoms with Gasteiger partial charge in [0.15, 0.2) is 0 Å². The number of nitrogens with zero attached hydrogens (tertiary/aromatic N) is 1. The average Bonchev–Trinajstić information content (AvgIpc) is 2.05. The van der Waals surface area contributed by atoms with Gasteiger partial charge in [-0.25, -0.2) is 4.98 Å². The minimum Gasteiger partial charge on any atom is -0.324 e. The van der Waals surface area contributed by atoms with Crippen LogP contribution in [-0.4, -0.2) is 17.1 Å². The van der Waals surface area contributed by atoms with Crippen LogP contribution in [0.25, 0.3) is 0 Å². The molecule has 0 saturated carbocycles.